The molecule has 3 aromatic rings. The fourth-order valence-electron chi connectivity index (χ4n) is 2.23. The number of hydrogen-bond acceptors (Lipinski definition) is 5. The zero-order valence-electron chi connectivity index (χ0n) is 13.5. The van der Waals surface area contributed by atoms with E-state index < -0.39 is 20.5 Å². The first kappa shape index (κ1) is 17.6. The maximum Gasteiger partial charge on any atom is 0.246 e. The van der Waals surface area contributed by atoms with Crippen molar-refractivity contribution in [1.29, 1.82) is 0 Å². The fraction of sp³-hybridized carbons (Fsp3) is 0.188. The van der Waals surface area contributed by atoms with Gasteiger partial charge >= 0.3 is 0 Å². The van der Waals surface area contributed by atoms with Crippen LogP contribution in [0.2, 0.25) is 0 Å². The van der Waals surface area contributed by atoms with Crippen molar-refractivity contribution in [3.63, 3.8) is 0 Å². The Morgan fingerprint density at radius 1 is 1.12 bits per heavy atom. The summed E-state index contributed by atoms with van der Waals surface area (Å²) < 4.78 is 26.3. The lowest BCUT2D eigenvalue weighted by Gasteiger charge is -2.24. The molecule has 0 aliphatic rings. The summed E-state index contributed by atoms with van der Waals surface area (Å²) in [6, 6.07) is 9.41. The van der Waals surface area contributed by atoms with E-state index in [-0.39, 0.29) is 4.90 Å². The van der Waals surface area contributed by atoms with Crippen molar-refractivity contribution in [2.45, 2.75) is 23.5 Å². The number of nitrogens with one attached hydrogen (secondary N) is 1. The van der Waals surface area contributed by atoms with Crippen LogP contribution >= 0.6 is 15.9 Å². The van der Waals surface area contributed by atoms with Gasteiger partial charge in [0.15, 0.2) is 15.5 Å². The van der Waals surface area contributed by atoms with Crippen molar-refractivity contribution in [3.05, 3.63) is 53.3 Å². The summed E-state index contributed by atoms with van der Waals surface area (Å²) >= 11 is 3.27. The summed E-state index contributed by atoms with van der Waals surface area (Å²) in [6.07, 6.45) is 3.06. The number of hydrogen-bond donors (Lipinski definition) is 1. The van der Waals surface area contributed by atoms with Crippen LogP contribution in [-0.4, -0.2) is 33.7 Å². The summed E-state index contributed by atoms with van der Waals surface area (Å²) in [4.78, 5) is 16.9. The number of carbonyl (C=O) groups is 1. The number of nitrogens with zero attached hydrogens (tertiary/aromatic N) is 3. The molecule has 0 aliphatic heterocycles. The van der Waals surface area contributed by atoms with Gasteiger partial charge in [-0.25, -0.2) is 13.4 Å². The summed E-state index contributed by atoms with van der Waals surface area (Å²) in [5, 5.41) is 6.70. The van der Waals surface area contributed by atoms with Crippen LogP contribution in [0.5, 0.6) is 0 Å². The van der Waals surface area contributed by atoms with Gasteiger partial charge in [-0.1, -0.05) is 15.9 Å². The Labute approximate surface area is 153 Å². The van der Waals surface area contributed by atoms with Crippen LogP contribution in [0.15, 0.2) is 58.2 Å². The smallest absolute Gasteiger partial charge is 0.246 e. The van der Waals surface area contributed by atoms with Gasteiger partial charge in [-0.2, -0.15) is 9.61 Å². The standard InChI is InChI=1S/C16H15BrN4O3S/c1-16(2,25(23,24)12-5-3-11(17)4-6-12)15(22)20-14-7-9-18-13-8-10-19-21(13)14/h3-10H,1-2H3,(H,20,22). The second kappa shape index (κ2) is 6.23. The Hall–Kier alpha value is -2.26. The molecule has 3 rings (SSSR count). The number of rotatable bonds is 4. The Balaban J connectivity index is 1.94. The molecule has 0 unspecified atom stereocenters. The first-order chi connectivity index (χ1) is 11.7. The molecule has 0 radical (unpaired) electrons. The molecule has 2 heterocycles. The van der Waals surface area contributed by atoms with Crippen molar-refractivity contribution < 1.29 is 13.2 Å². The molecule has 0 saturated heterocycles. The summed E-state index contributed by atoms with van der Waals surface area (Å²) in [7, 11) is -3.89. The molecule has 130 valence electrons. The van der Waals surface area contributed by atoms with Gasteiger partial charge in [0.25, 0.3) is 0 Å². The van der Waals surface area contributed by atoms with Crippen LogP contribution < -0.4 is 5.32 Å². The molecule has 0 saturated carbocycles. The number of sulfone groups is 1. The molecular weight excluding hydrogens is 408 g/mol. The van der Waals surface area contributed by atoms with E-state index in [0.29, 0.717) is 11.5 Å². The normalized spacial score (nSPS) is 12.3. The van der Waals surface area contributed by atoms with Crippen LogP contribution in [0.4, 0.5) is 5.82 Å². The number of anilines is 1. The maximum absolute atomic E-state index is 12.9. The molecule has 0 aliphatic carbocycles. The van der Waals surface area contributed by atoms with Gasteiger partial charge < -0.3 is 5.32 Å². The molecular formula is C16H15BrN4O3S. The molecule has 2 aromatic heterocycles. The molecule has 0 fully saturated rings. The summed E-state index contributed by atoms with van der Waals surface area (Å²) in [6.45, 7) is 2.75. The number of amides is 1. The van der Waals surface area contributed by atoms with E-state index in [0.717, 1.165) is 4.47 Å². The average Bonchev–Trinajstić information content (AvgIpc) is 3.04. The number of aromatic nitrogens is 3. The Morgan fingerprint density at radius 2 is 1.80 bits per heavy atom. The number of halogens is 1. The van der Waals surface area contributed by atoms with Gasteiger partial charge in [-0.3, -0.25) is 4.79 Å². The highest BCUT2D eigenvalue weighted by atomic mass is 79.9. The minimum atomic E-state index is -3.89. The topological polar surface area (TPSA) is 93.4 Å². The van der Waals surface area contributed by atoms with Gasteiger partial charge in [-0.05, 0) is 44.2 Å². The van der Waals surface area contributed by atoms with Gasteiger partial charge in [-0.15, -0.1) is 0 Å². The molecule has 0 bridgehead atoms. The summed E-state index contributed by atoms with van der Waals surface area (Å²) in [5.74, 6) is -0.308. The molecule has 25 heavy (non-hydrogen) atoms. The highest BCUT2D eigenvalue weighted by Crippen LogP contribution is 2.28. The SMILES string of the molecule is CC(C)(C(=O)Nc1ccnc2ccnn12)S(=O)(=O)c1ccc(Br)cc1. The zero-order chi connectivity index (χ0) is 18.2. The van der Waals surface area contributed by atoms with E-state index in [9.17, 15) is 13.2 Å². The minimum Gasteiger partial charge on any atom is -0.309 e. The largest absolute Gasteiger partial charge is 0.309 e. The quantitative estimate of drug-likeness (QED) is 0.697. The summed E-state index contributed by atoms with van der Waals surface area (Å²) in [5.41, 5.74) is 0.548. The first-order valence-electron chi connectivity index (χ1n) is 7.34. The molecule has 0 spiro atoms. The first-order valence-corrected chi connectivity index (χ1v) is 9.61. The Morgan fingerprint density at radius 3 is 2.48 bits per heavy atom. The minimum absolute atomic E-state index is 0.0785. The molecule has 0 atom stereocenters. The van der Waals surface area contributed by atoms with E-state index in [1.165, 1.54) is 36.7 Å². The van der Waals surface area contributed by atoms with Crippen LogP contribution in [0.1, 0.15) is 13.8 Å². The van der Waals surface area contributed by atoms with E-state index in [2.05, 4.69) is 31.3 Å². The molecule has 1 N–H and O–H groups in total. The van der Waals surface area contributed by atoms with Crippen molar-refractivity contribution >= 4 is 43.1 Å². The molecule has 1 amide bonds. The molecule has 7 nitrogen and oxygen atoms in total. The van der Waals surface area contributed by atoms with Crippen LogP contribution in [-0.2, 0) is 14.6 Å². The van der Waals surface area contributed by atoms with E-state index >= 15 is 0 Å². The maximum atomic E-state index is 12.9. The van der Waals surface area contributed by atoms with Crippen LogP contribution in [0.25, 0.3) is 5.65 Å². The fourth-order valence-corrected chi connectivity index (χ4v) is 3.87. The third-order valence-corrected chi connectivity index (χ3v) is 6.82. The second-order valence-corrected chi connectivity index (χ2v) is 9.27. The zero-order valence-corrected chi connectivity index (χ0v) is 15.9. The molecule has 1 aromatic carbocycles. The van der Waals surface area contributed by atoms with Gasteiger partial charge in [0.1, 0.15) is 10.6 Å². The second-order valence-electron chi connectivity index (χ2n) is 5.85. The Bertz CT molecular complexity index is 1040. The Kier molecular flexibility index (Phi) is 4.38. The lowest BCUT2D eigenvalue weighted by atomic mass is 10.2. The monoisotopic (exact) mass is 422 g/mol. The number of fused-ring (bicyclic) bond motifs is 1. The van der Waals surface area contributed by atoms with Gasteiger partial charge in [0, 0.05) is 16.7 Å². The lowest BCUT2D eigenvalue weighted by molar-refractivity contribution is -0.117. The van der Waals surface area contributed by atoms with Crippen molar-refractivity contribution in [1.82, 2.24) is 14.6 Å². The third-order valence-electron chi connectivity index (χ3n) is 3.87. The number of benzene rings is 1. The average molecular weight is 423 g/mol. The predicted molar refractivity (Wildman–Crippen MR) is 97.0 cm³/mol. The van der Waals surface area contributed by atoms with E-state index in [4.69, 9.17) is 0 Å². The number of carbonyl (C=O) groups excluding carboxylic acids is 1. The van der Waals surface area contributed by atoms with E-state index in [1.807, 2.05) is 0 Å². The highest BCUT2D eigenvalue weighted by Gasteiger charge is 2.43. The van der Waals surface area contributed by atoms with Crippen molar-refractivity contribution in [2.24, 2.45) is 0 Å². The van der Waals surface area contributed by atoms with Gasteiger partial charge in [0.05, 0.1) is 11.1 Å². The van der Waals surface area contributed by atoms with Gasteiger partial charge in [0.2, 0.25) is 5.91 Å². The third kappa shape index (κ3) is 3.05. The van der Waals surface area contributed by atoms with Crippen molar-refractivity contribution in [3.8, 4) is 0 Å². The van der Waals surface area contributed by atoms with Crippen LogP contribution in [0, 0.1) is 0 Å². The van der Waals surface area contributed by atoms with Crippen LogP contribution in [0.3, 0.4) is 0 Å². The predicted octanol–water partition coefficient (Wildman–Crippen LogP) is 2.68. The van der Waals surface area contributed by atoms with Crippen molar-refractivity contribution in [2.75, 3.05) is 5.32 Å². The molecule has 9 heteroatoms. The lowest BCUT2D eigenvalue weighted by Crippen LogP contribution is -2.44. The van der Waals surface area contributed by atoms with E-state index in [1.54, 1.807) is 30.5 Å². The highest BCUT2D eigenvalue weighted by molar-refractivity contribution is 9.10.